The summed E-state index contributed by atoms with van der Waals surface area (Å²) in [6, 6.07) is 11.8. The van der Waals surface area contributed by atoms with E-state index in [1.165, 1.54) is 26.0 Å². The van der Waals surface area contributed by atoms with Gasteiger partial charge < -0.3 is 24.6 Å². The number of nitrogens with one attached hydrogen (secondary N) is 2. The molecule has 11 heteroatoms. The lowest BCUT2D eigenvalue weighted by Gasteiger charge is -2.35. The topological polar surface area (TPSA) is 140 Å². The number of anilines is 2. The average molecular weight is 579 g/mol. The lowest BCUT2D eigenvalue weighted by atomic mass is 9.97. The predicted molar refractivity (Wildman–Crippen MR) is 158 cm³/mol. The molecule has 1 atom stereocenters. The molecular weight excluding hydrogens is 540 g/mol. The Kier molecular flexibility index (Phi) is 10.5. The molecule has 0 saturated heterocycles. The van der Waals surface area contributed by atoms with Gasteiger partial charge in [-0.25, -0.2) is 0 Å². The summed E-state index contributed by atoms with van der Waals surface area (Å²) in [5.74, 6) is -0.130. The Labute approximate surface area is 245 Å². The van der Waals surface area contributed by atoms with E-state index >= 15 is 0 Å². The monoisotopic (exact) mass is 578 g/mol. The normalized spacial score (nSPS) is 11.8. The summed E-state index contributed by atoms with van der Waals surface area (Å²) in [7, 11) is 2.94. The maximum Gasteiger partial charge on any atom is 0.248 e. The number of benzene rings is 2. The van der Waals surface area contributed by atoms with Gasteiger partial charge in [0.2, 0.25) is 17.7 Å². The average Bonchev–Trinajstić information content (AvgIpc) is 3.37. The second kappa shape index (κ2) is 13.8. The van der Waals surface area contributed by atoms with Crippen molar-refractivity contribution in [3.8, 4) is 11.5 Å². The van der Waals surface area contributed by atoms with Crippen LogP contribution in [0.4, 0.5) is 11.5 Å². The van der Waals surface area contributed by atoms with Crippen molar-refractivity contribution in [1.82, 2.24) is 10.5 Å². The van der Waals surface area contributed by atoms with Crippen LogP contribution in [0.25, 0.3) is 0 Å². The van der Waals surface area contributed by atoms with Crippen molar-refractivity contribution in [2.75, 3.05) is 24.4 Å². The van der Waals surface area contributed by atoms with Gasteiger partial charge in [0.25, 0.3) is 0 Å². The molecule has 0 spiro atoms. The maximum atomic E-state index is 14.1. The van der Waals surface area contributed by atoms with E-state index in [0.29, 0.717) is 34.7 Å². The Bertz CT molecular complexity index is 1430. The van der Waals surface area contributed by atoms with Crippen LogP contribution < -0.4 is 25.0 Å². The Hall–Kier alpha value is -4.67. The molecule has 0 unspecified atom stereocenters. The number of para-hydroxylation sites is 1. The minimum absolute atomic E-state index is 0.146. The molecule has 1 aromatic heterocycles. The highest BCUT2D eigenvalue weighted by atomic mass is 16.5. The molecule has 0 aliphatic heterocycles. The molecule has 3 rings (SSSR count). The van der Waals surface area contributed by atoms with Crippen molar-refractivity contribution in [3.63, 3.8) is 0 Å². The number of methoxy groups -OCH3 is 2. The number of carbonyl (C=O) groups is 4. The molecule has 3 aromatic rings. The lowest BCUT2D eigenvalue weighted by Crippen LogP contribution is -2.50. The van der Waals surface area contributed by atoms with Crippen LogP contribution in [0, 0.1) is 6.92 Å². The molecule has 11 nitrogen and oxygen atoms in total. The van der Waals surface area contributed by atoms with Crippen molar-refractivity contribution >= 4 is 35.0 Å². The number of amides is 3. The predicted octanol–water partition coefficient (Wildman–Crippen LogP) is 5.00. The second-order valence-corrected chi connectivity index (χ2v) is 10.4. The largest absolute Gasteiger partial charge is 0.493 e. The van der Waals surface area contributed by atoms with Crippen molar-refractivity contribution in [1.29, 1.82) is 0 Å². The van der Waals surface area contributed by atoms with Crippen LogP contribution in [0.2, 0.25) is 0 Å². The Morgan fingerprint density at radius 1 is 1.02 bits per heavy atom. The SMILES string of the molecule is CCC(C)(C)NC(=O)[C@@H](c1cccc(OC)c1OC)N(C(=O)CCC(=O)Nc1cc(C)on1)c1ccc(C(C)=O)cc1. The number of aryl methyl sites for hydroxylation is 1. The molecule has 0 radical (unpaired) electrons. The fourth-order valence-corrected chi connectivity index (χ4v) is 4.28. The Morgan fingerprint density at radius 3 is 2.26 bits per heavy atom. The summed E-state index contributed by atoms with van der Waals surface area (Å²) in [6.07, 6.45) is 0.213. The summed E-state index contributed by atoms with van der Waals surface area (Å²) in [6.45, 7) is 8.85. The van der Waals surface area contributed by atoms with Gasteiger partial charge in [0.15, 0.2) is 23.1 Å². The molecule has 0 fully saturated rings. The molecular formula is C31H38N4O7. The van der Waals surface area contributed by atoms with Gasteiger partial charge in [-0.3, -0.25) is 24.1 Å². The molecule has 0 bridgehead atoms. The number of carbonyl (C=O) groups excluding carboxylic acids is 4. The number of ether oxygens (including phenoxy) is 2. The highest BCUT2D eigenvalue weighted by Gasteiger charge is 2.37. The molecule has 0 aliphatic carbocycles. The molecule has 0 aliphatic rings. The molecule has 0 saturated carbocycles. The molecule has 2 aromatic carbocycles. The zero-order valence-corrected chi connectivity index (χ0v) is 25.1. The Balaban J connectivity index is 2.10. The highest BCUT2D eigenvalue weighted by Crippen LogP contribution is 2.39. The number of hydrogen-bond donors (Lipinski definition) is 2. The quantitative estimate of drug-likeness (QED) is 0.270. The number of rotatable bonds is 13. The zero-order valence-electron chi connectivity index (χ0n) is 25.1. The van der Waals surface area contributed by atoms with Crippen LogP contribution in [-0.2, 0) is 14.4 Å². The van der Waals surface area contributed by atoms with E-state index < -0.39 is 29.3 Å². The first-order valence-corrected chi connectivity index (χ1v) is 13.6. The zero-order chi connectivity index (χ0) is 31.0. The molecule has 224 valence electrons. The van der Waals surface area contributed by atoms with E-state index in [-0.39, 0.29) is 30.2 Å². The van der Waals surface area contributed by atoms with Crippen LogP contribution in [0.1, 0.15) is 74.7 Å². The minimum Gasteiger partial charge on any atom is -0.493 e. The number of nitrogens with zero attached hydrogens (tertiary/aromatic N) is 2. The van der Waals surface area contributed by atoms with E-state index in [0.717, 1.165) is 0 Å². The molecule has 42 heavy (non-hydrogen) atoms. The van der Waals surface area contributed by atoms with E-state index in [1.54, 1.807) is 55.5 Å². The van der Waals surface area contributed by atoms with Crippen molar-refractivity contribution in [2.24, 2.45) is 0 Å². The molecule has 3 amide bonds. The number of hydrogen-bond acceptors (Lipinski definition) is 8. The summed E-state index contributed by atoms with van der Waals surface area (Å²) >= 11 is 0. The first-order valence-electron chi connectivity index (χ1n) is 13.6. The van der Waals surface area contributed by atoms with Gasteiger partial charge in [0.05, 0.1) is 14.2 Å². The van der Waals surface area contributed by atoms with Crippen molar-refractivity contribution in [2.45, 2.75) is 65.5 Å². The van der Waals surface area contributed by atoms with Gasteiger partial charge in [0, 0.05) is 41.3 Å². The fraction of sp³-hybridized carbons (Fsp3) is 0.387. The summed E-state index contributed by atoms with van der Waals surface area (Å²) in [5.41, 5.74) is 0.592. The summed E-state index contributed by atoms with van der Waals surface area (Å²) in [5, 5.41) is 9.40. The number of Topliss-reactive ketones (excluding diaryl/α,β-unsaturated/α-hetero) is 1. The summed E-state index contributed by atoms with van der Waals surface area (Å²) in [4.78, 5) is 54.1. The van der Waals surface area contributed by atoms with Crippen LogP contribution in [0.5, 0.6) is 11.5 Å². The lowest BCUT2D eigenvalue weighted by molar-refractivity contribution is -0.128. The maximum absolute atomic E-state index is 14.1. The highest BCUT2D eigenvalue weighted by molar-refractivity contribution is 6.04. The van der Waals surface area contributed by atoms with Gasteiger partial charge in [-0.1, -0.05) is 24.2 Å². The van der Waals surface area contributed by atoms with Gasteiger partial charge in [0.1, 0.15) is 11.8 Å². The van der Waals surface area contributed by atoms with E-state index in [9.17, 15) is 19.2 Å². The van der Waals surface area contributed by atoms with Gasteiger partial charge in [-0.05, 0) is 64.4 Å². The van der Waals surface area contributed by atoms with Crippen molar-refractivity contribution < 1.29 is 33.2 Å². The van der Waals surface area contributed by atoms with Crippen LogP contribution in [0.15, 0.2) is 53.1 Å². The van der Waals surface area contributed by atoms with Crippen LogP contribution in [0.3, 0.4) is 0 Å². The smallest absolute Gasteiger partial charge is 0.248 e. The van der Waals surface area contributed by atoms with E-state index in [2.05, 4.69) is 15.8 Å². The van der Waals surface area contributed by atoms with Crippen LogP contribution in [-0.4, -0.2) is 48.4 Å². The van der Waals surface area contributed by atoms with Gasteiger partial charge in [-0.15, -0.1) is 0 Å². The van der Waals surface area contributed by atoms with Crippen molar-refractivity contribution in [3.05, 3.63) is 65.4 Å². The third-order valence-electron chi connectivity index (χ3n) is 6.86. The Morgan fingerprint density at radius 2 is 1.71 bits per heavy atom. The fourth-order valence-electron chi connectivity index (χ4n) is 4.28. The van der Waals surface area contributed by atoms with Gasteiger partial charge in [-0.2, -0.15) is 0 Å². The number of aromatic nitrogens is 1. The molecule has 2 N–H and O–H groups in total. The van der Waals surface area contributed by atoms with Gasteiger partial charge >= 0.3 is 0 Å². The standard InChI is InChI=1S/C31H38N4O7/c1-8-31(4,5)33-30(39)28(23-10-9-11-24(40-6)29(23)41-7)35(22-14-12-21(13-15-22)20(3)36)27(38)17-16-26(37)32-25-18-19(2)42-34-25/h9-15,18,28H,8,16-17H2,1-7H3,(H,33,39)(H,32,34,37)/t28-/m1/s1. The minimum atomic E-state index is -1.21. The first kappa shape index (κ1) is 31.9. The summed E-state index contributed by atoms with van der Waals surface area (Å²) < 4.78 is 16.1. The third kappa shape index (κ3) is 7.74. The van der Waals surface area contributed by atoms with E-state index in [1.807, 2.05) is 20.8 Å². The molecule has 1 heterocycles. The third-order valence-corrected chi connectivity index (χ3v) is 6.86. The first-order chi connectivity index (χ1) is 19.9. The second-order valence-electron chi connectivity index (χ2n) is 10.4. The number of ketones is 1. The van der Waals surface area contributed by atoms with E-state index in [4.69, 9.17) is 14.0 Å². The van der Waals surface area contributed by atoms with Crippen LogP contribution >= 0.6 is 0 Å².